The van der Waals surface area contributed by atoms with E-state index in [9.17, 15) is 0 Å². The first-order valence-electron chi connectivity index (χ1n) is 5.07. The Hall–Kier alpha value is -0.0800. The Labute approximate surface area is 75.7 Å². The van der Waals surface area contributed by atoms with Crippen LogP contribution in [0.3, 0.4) is 0 Å². The zero-order chi connectivity index (χ0) is 8.81. The standard InChI is InChI=1S/C5H11N.C5H10O/c2*1-5-2-3-6-4-5/h5-6H,2-4H2,1H3;5H,2-4H2,1H3. The molecule has 72 valence electrons. The molecule has 2 nitrogen and oxygen atoms in total. The van der Waals surface area contributed by atoms with E-state index in [4.69, 9.17) is 4.74 Å². The average molecular weight is 171 g/mol. The molecule has 2 saturated heterocycles. The van der Waals surface area contributed by atoms with Gasteiger partial charge in [-0.3, -0.25) is 0 Å². The summed E-state index contributed by atoms with van der Waals surface area (Å²) in [7, 11) is 0. The lowest BCUT2D eigenvalue weighted by atomic mass is 10.2. The first-order valence-corrected chi connectivity index (χ1v) is 5.07. The van der Waals surface area contributed by atoms with Gasteiger partial charge in [0.25, 0.3) is 0 Å². The molecule has 0 saturated carbocycles. The Morgan fingerprint density at radius 3 is 2.17 bits per heavy atom. The molecule has 0 bridgehead atoms. The molecule has 2 heterocycles. The van der Waals surface area contributed by atoms with Gasteiger partial charge in [0.05, 0.1) is 0 Å². The highest BCUT2D eigenvalue weighted by atomic mass is 16.5. The second-order valence-electron chi connectivity index (χ2n) is 4.07. The Kier molecular flexibility index (Phi) is 4.62. The van der Waals surface area contributed by atoms with E-state index >= 15 is 0 Å². The summed E-state index contributed by atoms with van der Waals surface area (Å²) in [6.45, 7) is 8.94. The molecule has 12 heavy (non-hydrogen) atoms. The van der Waals surface area contributed by atoms with Crippen LogP contribution in [0.25, 0.3) is 0 Å². The van der Waals surface area contributed by atoms with Crippen molar-refractivity contribution in [2.24, 2.45) is 11.8 Å². The van der Waals surface area contributed by atoms with Gasteiger partial charge in [-0.25, -0.2) is 0 Å². The minimum Gasteiger partial charge on any atom is -0.381 e. The predicted molar refractivity (Wildman–Crippen MR) is 51.3 cm³/mol. The molecule has 0 spiro atoms. The summed E-state index contributed by atoms with van der Waals surface area (Å²) in [4.78, 5) is 0. The van der Waals surface area contributed by atoms with Gasteiger partial charge in [0.1, 0.15) is 0 Å². The molecule has 0 aromatic rings. The Bertz CT molecular complexity index is 90.4. The molecular weight excluding hydrogens is 150 g/mol. The zero-order valence-electron chi connectivity index (χ0n) is 8.31. The van der Waals surface area contributed by atoms with Crippen LogP contribution in [0.4, 0.5) is 0 Å². The molecule has 2 rings (SSSR count). The third kappa shape index (κ3) is 4.07. The van der Waals surface area contributed by atoms with Crippen LogP contribution in [0.15, 0.2) is 0 Å². The van der Waals surface area contributed by atoms with Gasteiger partial charge < -0.3 is 10.1 Å². The van der Waals surface area contributed by atoms with E-state index in [0.717, 1.165) is 25.0 Å². The molecule has 2 heteroatoms. The smallest absolute Gasteiger partial charge is 0.0492 e. The number of nitrogens with one attached hydrogen (secondary N) is 1. The van der Waals surface area contributed by atoms with Crippen LogP contribution >= 0.6 is 0 Å². The lowest BCUT2D eigenvalue weighted by molar-refractivity contribution is 0.188. The minimum absolute atomic E-state index is 0.824. The highest BCUT2D eigenvalue weighted by Crippen LogP contribution is 2.09. The van der Waals surface area contributed by atoms with Crippen molar-refractivity contribution in [3.05, 3.63) is 0 Å². The largest absolute Gasteiger partial charge is 0.381 e. The molecule has 2 unspecified atom stereocenters. The van der Waals surface area contributed by atoms with Crippen LogP contribution in [0.1, 0.15) is 26.7 Å². The fourth-order valence-corrected chi connectivity index (χ4v) is 1.45. The van der Waals surface area contributed by atoms with Gasteiger partial charge in [-0.2, -0.15) is 0 Å². The Balaban J connectivity index is 0.000000120. The molecule has 0 aromatic heterocycles. The van der Waals surface area contributed by atoms with Crippen LogP contribution in [-0.2, 0) is 4.74 Å². The molecule has 2 aliphatic rings. The third-order valence-corrected chi connectivity index (χ3v) is 2.46. The lowest BCUT2D eigenvalue weighted by Crippen LogP contribution is -2.06. The van der Waals surface area contributed by atoms with E-state index in [1.807, 2.05) is 0 Å². The summed E-state index contributed by atoms with van der Waals surface area (Å²) in [5, 5.41) is 3.27. The average Bonchev–Trinajstić information content (AvgIpc) is 2.63. The highest BCUT2D eigenvalue weighted by molar-refractivity contribution is 4.65. The predicted octanol–water partition coefficient (Wildman–Crippen LogP) is 1.66. The van der Waals surface area contributed by atoms with E-state index in [2.05, 4.69) is 19.2 Å². The second-order valence-corrected chi connectivity index (χ2v) is 4.07. The maximum absolute atomic E-state index is 5.06. The molecule has 2 fully saturated rings. The third-order valence-electron chi connectivity index (χ3n) is 2.46. The normalized spacial score (nSPS) is 34.5. The Morgan fingerprint density at radius 1 is 1.17 bits per heavy atom. The summed E-state index contributed by atoms with van der Waals surface area (Å²) < 4.78 is 5.06. The Morgan fingerprint density at radius 2 is 2.00 bits per heavy atom. The van der Waals surface area contributed by atoms with Crippen molar-refractivity contribution in [2.75, 3.05) is 26.3 Å². The van der Waals surface area contributed by atoms with Gasteiger partial charge in [-0.1, -0.05) is 13.8 Å². The number of rotatable bonds is 0. The summed E-state index contributed by atoms with van der Waals surface area (Å²) in [5.41, 5.74) is 0. The van der Waals surface area contributed by atoms with E-state index < -0.39 is 0 Å². The quantitative estimate of drug-likeness (QED) is 0.598. The molecule has 0 aromatic carbocycles. The van der Waals surface area contributed by atoms with Crippen molar-refractivity contribution < 1.29 is 4.74 Å². The highest BCUT2D eigenvalue weighted by Gasteiger charge is 2.07. The monoisotopic (exact) mass is 171 g/mol. The summed E-state index contributed by atoms with van der Waals surface area (Å²) in [6, 6.07) is 0. The van der Waals surface area contributed by atoms with E-state index in [1.54, 1.807) is 0 Å². The molecule has 2 aliphatic heterocycles. The summed E-state index contributed by atoms with van der Waals surface area (Å²) >= 11 is 0. The molecule has 0 aliphatic carbocycles. The number of hydrogen-bond acceptors (Lipinski definition) is 2. The SMILES string of the molecule is CC1CCNC1.CC1CCOC1. The van der Waals surface area contributed by atoms with Crippen LogP contribution in [0.5, 0.6) is 0 Å². The van der Waals surface area contributed by atoms with Gasteiger partial charge in [0.2, 0.25) is 0 Å². The van der Waals surface area contributed by atoms with Crippen molar-refractivity contribution in [1.29, 1.82) is 0 Å². The lowest BCUT2D eigenvalue weighted by Gasteiger charge is -1.90. The van der Waals surface area contributed by atoms with Crippen molar-refractivity contribution in [2.45, 2.75) is 26.7 Å². The molecular formula is C10H21NO. The maximum Gasteiger partial charge on any atom is 0.0492 e. The topological polar surface area (TPSA) is 21.3 Å². The molecule has 1 N–H and O–H groups in total. The van der Waals surface area contributed by atoms with Crippen molar-refractivity contribution >= 4 is 0 Å². The van der Waals surface area contributed by atoms with Crippen LogP contribution < -0.4 is 5.32 Å². The first-order chi connectivity index (χ1) is 5.79. The fourth-order valence-electron chi connectivity index (χ4n) is 1.45. The van der Waals surface area contributed by atoms with Crippen molar-refractivity contribution in [1.82, 2.24) is 5.32 Å². The van der Waals surface area contributed by atoms with Gasteiger partial charge in [-0.15, -0.1) is 0 Å². The van der Waals surface area contributed by atoms with Crippen LogP contribution in [0.2, 0.25) is 0 Å². The van der Waals surface area contributed by atoms with E-state index in [-0.39, 0.29) is 0 Å². The molecule has 2 atom stereocenters. The van der Waals surface area contributed by atoms with Crippen molar-refractivity contribution in [3.63, 3.8) is 0 Å². The molecule has 0 amide bonds. The number of ether oxygens (including phenoxy) is 1. The van der Waals surface area contributed by atoms with Gasteiger partial charge in [0.15, 0.2) is 0 Å². The maximum atomic E-state index is 5.06. The fraction of sp³-hybridized carbons (Fsp3) is 1.00. The minimum atomic E-state index is 0.824. The summed E-state index contributed by atoms with van der Waals surface area (Å²) in [5.74, 6) is 1.76. The van der Waals surface area contributed by atoms with E-state index in [1.165, 1.54) is 25.9 Å². The first kappa shape index (κ1) is 10.0. The second kappa shape index (κ2) is 5.55. The summed E-state index contributed by atoms with van der Waals surface area (Å²) in [6.07, 6.45) is 2.64. The number of hydrogen-bond donors (Lipinski definition) is 1. The zero-order valence-corrected chi connectivity index (χ0v) is 8.31. The van der Waals surface area contributed by atoms with Crippen LogP contribution in [0, 0.1) is 11.8 Å². The van der Waals surface area contributed by atoms with Gasteiger partial charge >= 0.3 is 0 Å². The van der Waals surface area contributed by atoms with Crippen LogP contribution in [-0.4, -0.2) is 26.3 Å². The van der Waals surface area contributed by atoms with E-state index in [0.29, 0.717) is 0 Å². The van der Waals surface area contributed by atoms with Gasteiger partial charge in [-0.05, 0) is 37.8 Å². The molecule has 0 radical (unpaired) electrons. The van der Waals surface area contributed by atoms with Gasteiger partial charge in [0, 0.05) is 13.2 Å². The van der Waals surface area contributed by atoms with Crippen molar-refractivity contribution in [3.8, 4) is 0 Å².